The van der Waals surface area contributed by atoms with Crippen LogP contribution < -0.4 is 0 Å². The van der Waals surface area contributed by atoms with Gasteiger partial charge in [0.1, 0.15) is 6.10 Å². The molecule has 1 aromatic carbocycles. The lowest BCUT2D eigenvalue weighted by atomic mass is 10.0. The summed E-state index contributed by atoms with van der Waals surface area (Å²) < 4.78 is 6.09. The van der Waals surface area contributed by atoms with Crippen molar-refractivity contribution in [2.75, 3.05) is 27.2 Å². The molecule has 3 heteroatoms. The average Bonchev–Trinajstić information content (AvgIpc) is 2.52. The molecule has 0 aliphatic carbocycles. The van der Waals surface area contributed by atoms with Crippen LogP contribution in [0.4, 0.5) is 0 Å². The second kappa shape index (κ2) is 7.91. The fourth-order valence-electron chi connectivity index (χ4n) is 2.16. The molecule has 0 saturated carbocycles. The molecule has 0 aliphatic rings. The zero-order chi connectivity index (χ0) is 15.1. The number of aromatic nitrogens is 1. The van der Waals surface area contributed by atoms with Gasteiger partial charge >= 0.3 is 0 Å². The molecule has 0 bridgehead atoms. The second-order valence-corrected chi connectivity index (χ2v) is 5.40. The molecule has 1 unspecified atom stereocenters. The van der Waals surface area contributed by atoms with Gasteiger partial charge in [0.25, 0.3) is 0 Å². The lowest BCUT2D eigenvalue weighted by Gasteiger charge is -2.19. The van der Waals surface area contributed by atoms with Crippen molar-refractivity contribution in [2.45, 2.75) is 19.4 Å². The Morgan fingerprint density at radius 1 is 1.10 bits per heavy atom. The molecule has 1 heterocycles. The maximum atomic E-state index is 6.09. The van der Waals surface area contributed by atoms with Crippen LogP contribution in [-0.2, 0) is 11.2 Å². The van der Waals surface area contributed by atoms with E-state index in [1.54, 1.807) is 0 Å². The molecule has 1 aromatic heterocycles. The van der Waals surface area contributed by atoms with Crippen LogP contribution in [0.15, 0.2) is 48.7 Å². The number of benzene rings is 1. The number of hydrogen-bond donors (Lipinski definition) is 0. The molecule has 0 aliphatic heterocycles. The monoisotopic (exact) mass is 284 g/mol. The second-order valence-electron chi connectivity index (χ2n) is 5.40. The first-order valence-electron chi connectivity index (χ1n) is 7.46. The van der Waals surface area contributed by atoms with Crippen LogP contribution in [0.25, 0.3) is 0 Å². The summed E-state index contributed by atoms with van der Waals surface area (Å²) in [6.45, 7) is 3.75. The summed E-state index contributed by atoms with van der Waals surface area (Å²) in [5, 5.41) is 0. The molecule has 0 N–H and O–H groups in total. The Morgan fingerprint density at radius 3 is 2.43 bits per heavy atom. The van der Waals surface area contributed by atoms with Crippen molar-refractivity contribution in [2.24, 2.45) is 0 Å². The van der Waals surface area contributed by atoms with Gasteiger partial charge in [0, 0.05) is 12.7 Å². The molecule has 0 saturated heterocycles. The number of aryl methyl sites for hydroxylation is 1. The SMILES string of the molecule is CCc1ccc(C(OCCN(C)C)c2ccccn2)cc1. The van der Waals surface area contributed by atoms with Crippen molar-refractivity contribution in [1.29, 1.82) is 0 Å². The molecular formula is C18H24N2O. The van der Waals surface area contributed by atoms with Crippen molar-refractivity contribution in [3.63, 3.8) is 0 Å². The lowest BCUT2D eigenvalue weighted by molar-refractivity contribution is 0.0662. The third-order valence-corrected chi connectivity index (χ3v) is 3.47. The average molecular weight is 284 g/mol. The van der Waals surface area contributed by atoms with Crippen molar-refractivity contribution < 1.29 is 4.74 Å². The Morgan fingerprint density at radius 2 is 1.86 bits per heavy atom. The number of nitrogens with zero attached hydrogens (tertiary/aromatic N) is 2. The Kier molecular flexibility index (Phi) is 5.90. The van der Waals surface area contributed by atoms with Crippen LogP contribution in [0.1, 0.15) is 29.8 Å². The van der Waals surface area contributed by atoms with E-state index in [-0.39, 0.29) is 6.10 Å². The molecule has 0 spiro atoms. The maximum absolute atomic E-state index is 6.09. The Balaban J connectivity index is 2.18. The third-order valence-electron chi connectivity index (χ3n) is 3.47. The first kappa shape index (κ1) is 15.7. The highest BCUT2D eigenvalue weighted by molar-refractivity contribution is 5.29. The Labute approximate surface area is 127 Å². The molecular weight excluding hydrogens is 260 g/mol. The molecule has 21 heavy (non-hydrogen) atoms. The van der Waals surface area contributed by atoms with E-state index in [4.69, 9.17) is 4.74 Å². The molecule has 3 nitrogen and oxygen atoms in total. The van der Waals surface area contributed by atoms with Gasteiger partial charge in [0.15, 0.2) is 0 Å². The van der Waals surface area contributed by atoms with E-state index in [1.165, 1.54) is 5.56 Å². The molecule has 0 radical (unpaired) electrons. The number of likely N-dealkylation sites (N-methyl/N-ethyl adjacent to an activating group) is 1. The van der Waals surface area contributed by atoms with E-state index in [0.717, 1.165) is 24.2 Å². The summed E-state index contributed by atoms with van der Waals surface area (Å²) in [5.41, 5.74) is 3.46. The molecule has 2 rings (SSSR count). The quantitative estimate of drug-likeness (QED) is 0.780. The lowest BCUT2D eigenvalue weighted by Crippen LogP contribution is -2.20. The molecule has 0 amide bonds. The van der Waals surface area contributed by atoms with E-state index < -0.39 is 0 Å². The van der Waals surface area contributed by atoms with Gasteiger partial charge in [-0.3, -0.25) is 4.98 Å². The van der Waals surface area contributed by atoms with Crippen molar-refractivity contribution in [3.8, 4) is 0 Å². The van der Waals surface area contributed by atoms with E-state index in [2.05, 4.69) is 55.2 Å². The van der Waals surface area contributed by atoms with Gasteiger partial charge in [0.05, 0.1) is 12.3 Å². The Bertz CT molecular complexity index is 523. The van der Waals surface area contributed by atoms with Crippen LogP contribution in [0, 0.1) is 0 Å². The summed E-state index contributed by atoms with van der Waals surface area (Å²) in [6, 6.07) is 14.6. The number of ether oxygens (including phenoxy) is 1. The van der Waals surface area contributed by atoms with Crippen LogP contribution in [-0.4, -0.2) is 37.1 Å². The number of rotatable bonds is 7. The van der Waals surface area contributed by atoms with E-state index in [1.807, 2.05) is 24.4 Å². The van der Waals surface area contributed by atoms with Crippen molar-refractivity contribution in [1.82, 2.24) is 9.88 Å². The molecule has 1 atom stereocenters. The summed E-state index contributed by atoms with van der Waals surface area (Å²) >= 11 is 0. The minimum atomic E-state index is -0.0999. The summed E-state index contributed by atoms with van der Waals surface area (Å²) in [6.07, 6.45) is 2.77. The Hall–Kier alpha value is -1.71. The fourth-order valence-corrected chi connectivity index (χ4v) is 2.16. The minimum Gasteiger partial charge on any atom is -0.366 e. The highest BCUT2D eigenvalue weighted by atomic mass is 16.5. The van der Waals surface area contributed by atoms with Gasteiger partial charge in [-0.05, 0) is 43.8 Å². The van der Waals surface area contributed by atoms with E-state index in [9.17, 15) is 0 Å². The van der Waals surface area contributed by atoms with Gasteiger partial charge in [-0.25, -0.2) is 0 Å². The van der Waals surface area contributed by atoms with Gasteiger partial charge in [0.2, 0.25) is 0 Å². The van der Waals surface area contributed by atoms with Crippen molar-refractivity contribution in [3.05, 3.63) is 65.5 Å². The van der Waals surface area contributed by atoms with Crippen LogP contribution in [0.5, 0.6) is 0 Å². The van der Waals surface area contributed by atoms with Gasteiger partial charge in [-0.15, -0.1) is 0 Å². The first-order valence-corrected chi connectivity index (χ1v) is 7.46. The van der Waals surface area contributed by atoms with E-state index in [0.29, 0.717) is 6.61 Å². The van der Waals surface area contributed by atoms with Gasteiger partial charge in [-0.1, -0.05) is 37.3 Å². The maximum Gasteiger partial charge on any atom is 0.124 e. The minimum absolute atomic E-state index is 0.0999. The number of hydrogen-bond acceptors (Lipinski definition) is 3. The standard InChI is InChI=1S/C18H24N2O/c1-4-15-8-10-16(11-9-15)18(21-14-13-20(2)3)17-7-5-6-12-19-17/h5-12,18H,4,13-14H2,1-3H3. The predicted octanol–water partition coefficient (Wildman–Crippen LogP) is 3.31. The smallest absolute Gasteiger partial charge is 0.124 e. The van der Waals surface area contributed by atoms with Crippen LogP contribution in [0.3, 0.4) is 0 Å². The summed E-state index contributed by atoms with van der Waals surface area (Å²) in [4.78, 5) is 6.58. The highest BCUT2D eigenvalue weighted by Crippen LogP contribution is 2.24. The first-order chi connectivity index (χ1) is 10.2. The summed E-state index contributed by atoms with van der Waals surface area (Å²) in [7, 11) is 4.10. The fraction of sp³-hybridized carbons (Fsp3) is 0.389. The van der Waals surface area contributed by atoms with Gasteiger partial charge < -0.3 is 9.64 Å². The van der Waals surface area contributed by atoms with Crippen LogP contribution in [0.2, 0.25) is 0 Å². The van der Waals surface area contributed by atoms with Gasteiger partial charge in [-0.2, -0.15) is 0 Å². The van der Waals surface area contributed by atoms with Crippen molar-refractivity contribution >= 4 is 0 Å². The summed E-state index contributed by atoms with van der Waals surface area (Å²) in [5.74, 6) is 0. The predicted molar refractivity (Wildman–Crippen MR) is 86.4 cm³/mol. The topological polar surface area (TPSA) is 25.4 Å². The molecule has 2 aromatic rings. The normalized spacial score (nSPS) is 12.6. The number of pyridine rings is 1. The zero-order valence-electron chi connectivity index (χ0n) is 13.1. The molecule has 112 valence electrons. The third kappa shape index (κ3) is 4.66. The zero-order valence-corrected chi connectivity index (χ0v) is 13.1. The largest absolute Gasteiger partial charge is 0.366 e. The van der Waals surface area contributed by atoms with Crippen LogP contribution >= 0.6 is 0 Å². The highest BCUT2D eigenvalue weighted by Gasteiger charge is 2.15. The molecule has 0 fully saturated rings. The van der Waals surface area contributed by atoms with E-state index >= 15 is 0 Å².